The summed E-state index contributed by atoms with van der Waals surface area (Å²) in [6.45, 7) is 1.97. The standard InChI is InChI=1S/C27H18Cl2FNO6/c1-2-36-21-10-13(3-7-19(21)32)24-23(25(33)22-11-14-9-15(28)4-8-20(14)37-22)26(34)27(35)31(24)16-5-6-18(30)17(29)12-16/h3-12,24,32,34H,2H2,1H3. The number of hydrogen-bond acceptors (Lipinski definition) is 6. The number of furan rings is 1. The molecule has 7 nitrogen and oxygen atoms in total. The normalized spacial score (nSPS) is 15.6. The number of nitrogens with zero attached hydrogens (tertiary/aromatic N) is 1. The number of aliphatic hydroxyl groups is 1. The van der Waals surface area contributed by atoms with E-state index >= 15 is 0 Å². The molecule has 5 rings (SSSR count). The highest BCUT2D eigenvalue weighted by molar-refractivity contribution is 6.31. The molecule has 0 saturated carbocycles. The van der Waals surface area contributed by atoms with Crippen molar-refractivity contribution < 1.29 is 33.3 Å². The van der Waals surface area contributed by atoms with Crippen LogP contribution in [-0.2, 0) is 4.79 Å². The zero-order valence-corrected chi connectivity index (χ0v) is 20.7. The molecule has 1 aromatic heterocycles. The Kier molecular flexibility index (Phi) is 6.31. The van der Waals surface area contributed by atoms with Gasteiger partial charge in [-0.3, -0.25) is 14.5 Å². The maximum Gasteiger partial charge on any atom is 0.294 e. The lowest BCUT2D eigenvalue weighted by atomic mass is 9.94. The molecular weight excluding hydrogens is 524 g/mol. The fourth-order valence-electron chi connectivity index (χ4n) is 4.28. The minimum absolute atomic E-state index is 0.112. The summed E-state index contributed by atoms with van der Waals surface area (Å²) in [4.78, 5) is 28.2. The average Bonchev–Trinajstić information content (AvgIpc) is 3.40. The quantitative estimate of drug-likeness (QED) is 0.261. The number of carbonyl (C=O) groups excluding carboxylic acids is 2. The van der Waals surface area contributed by atoms with Crippen LogP contribution >= 0.6 is 23.2 Å². The van der Waals surface area contributed by atoms with Crippen molar-refractivity contribution in [3.05, 3.63) is 99.2 Å². The molecule has 0 fully saturated rings. The number of ether oxygens (including phenoxy) is 1. The number of hydrogen-bond donors (Lipinski definition) is 2. The van der Waals surface area contributed by atoms with Crippen molar-refractivity contribution in [2.75, 3.05) is 11.5 Å². The minimum Gasteiger partial charge on any atom is -0.504 e. The summed E-state index contributed by atoms with van der Waals surface area (Å²) in [5.41, 5.74) is 0.586. The molecule has 37 heavy (non-hydrogen) atoms. The Morgan fingerprint density at radius 3 is 2.59 bits per heavy atom. The van der Waals surface area contributed by atoms with Crippen LogP contribution in [-0.4, -0.2) is 28.5 Å². The first-order chi connectivity index (χ1) is 17.7. The Balaban J connectivity index is 1.68. The van der Waals surface area contributed by atoms with Gasteiger partial charge in [-0.2, -0.15) is 0 Å². The number of fused-ring (bicyclic) bond motifs is 1. The average molecular weight is 542 g/mol. The van der Waals surface area contributed by atoms with Gasteiger partial charge in [0, 0.05) is 16.1 Å². The van der Waals surface area contributed by atoms with E-state index in [1.54, 1.807) is 25.1 Å². The van der Waals surface area contributed by atoms with E-state index in [4.69, 9.17) is 32.4 Å². The van der Waals surface area contributed by atoms with Gasteiger partial charge < -0.3 is 19.4 Å². The van der Waals surface area contributed by atoms with Crippen LogP contribution in [0.25, 0.3) is 11.0 Å². The summed E-state index contributed by atoms with van der Waals surface area (Å²) in [7, 11) is 0. The van der Waals surface area contributed by atoms with Crippen molar-refractivity contribution in [1.29, 1.82) is 0 Å². The molecule has 10 heteroatoms. The number of Topliss-reactive ketones (excluding diaryl/α,β-unsaturated/α-hetero) is 1. The molecular formula is C27H18Cl2FNO6. The minimum atomic E-state index is -1.18. The van der Waals surface area contributed by atoms with Gasteiger partial charge in [-0.25, -0.2) is 4.39 Å². The summed E-state index contributed by atoms with van der Waals surface area (Å²) < 4.78 is 25.1. The Morgan fingerprint density at radius 1 is 1.08 bits per heavy atom. The van der Waals surface area contributed by atoms with Gasteiger partial charge in [0.05, 0.1) is 23.2 Å². The van der Waals surface area contributed by atoms with Crippen molar-refractivity contribution >= 4 is 51.5 Å². The number of ketones is 1. The SMILES string of the molecule is CCOc1cc(C2C(C(=O)c3cc4cc(Cl)ccc4o3)=C(O)C(=O)N2c2ccc(F)c(Cl)c2)ccc1O. The largest absolute Gasteiger partial charge is 0.504 e. The third-order valence-electron chi connectivity index (χ3n) is 5.94. The van der Waals surface area contributed by atoms with Gasteiger partial charge in [-0.15, -0.1) is 0 Å². The first kappa shape index (κ1) is 24.7. The van der Waals surface area contributed by atoms with Gasteiger partial charge in [0.15, 0.2) is 23.0 Å². The lowest BCUT2D eigenvalue weighted by Crippen LogP contribution is -2.31. The molecule has 1 aliphatic rings. The first-order valence-corrected chi connectivity index (χ1v) is 11.9. The predicted molar refractivity (Wildman–Crippen MR) is 136 cm³/mol. The number of aromatic hydroxyl groups is 1. The number of aliphatic hydroxyl groups excluding tert-OH is 1. The van der Waals surface area contributed by atoms with Crippen molar-refractivity contribution in [3.63, 3.8) is 0 Å². The smallest absolute Gasteiger partial charge is 0.294 e. The Morgan fingerprint density at radius 2 is 1.86 bits per heavy atom. The summed E-state index contributed by atoms with van der Waals surface area (Å²) >= 11 is 12.0. The highest BCUT2D eigenvalue weighted by atomic mass is 35.5. The van der Waals surface area contributed by atoms with Crippen molar-refractivity contribution in [1.82, 2.24) is 0 Å². The van der Waals surface area contributed by atoms with E-state index in [2.05, 4.69) is 0 Å². The predicted octanol–water partition coefficient (Wildman–Crippen LogP) is 6.77. The van der Waals surface area contributed by atoms with Crippen LogP contribution in [0.3, 0.4) is 0 Å². The zero-order valence-electron chi connectivity index (χ0n) is 19.2. The molecule has 0 radical (unpaired) electrons. The number of phenolic OH excluding ortho intramolecular Hbond substituents is 1. The highest BCUT2D eigenvalue weighted by Gasteiger charge is 2.45. The van der Waals surface area contributed by atoms with Crippen LogP contribution in [0.1, 0.15) is 29.1 Å². The molecule has 2 heterocycles. The number of carbonyl (C=O) groups is 2. The highest BCUT2D eigenvalue weighted by Crippen LogP contribution is 2.44. The molecule has 3 aromatic carbocycles. The van der Waals surface area contributed by atoms with Crippen LogP contribution in [0.15, 0.2) is 76.4 Å². The lowest BCUT2D eigenvalue weighted by molar-refractivity contribution is -0.117. The second-order valence-corrected chi connectivity index (χ2v) is 9.06. The molecule has 2 N–H and O–H groups in total. The van der Waals surface area contributed by atoms with E-state index in [1.165, 1.54) is 36.4 Å². The van der Waals surface area contributed by atoms with E-state index in [0.717, 1.165) is 11.0 Å². The Bertz CT molecular complexity index is 1610. The maximum atomic E-state index is 13.9. The molecule has 188 valence electrons. The van der Waals surface area contributed by atoms with Gasteiger partial charge in [0.1, 0.15) is 11.4 Å². The molecule has 1 unspecified atom stereocenters. The van der Waals surface area contributed by atoms with Crippen LogP contribution < -0.4 is 9.64 Å². The van der Waals surface area contributed by atoms with Crippen molar-refractivity contribution in [3.8, 4) is 11.5 Å². The fraction of sp³-hybridized carbons (Fsp3) is 0.111. The van der Waals surface area contributed by atoms with Crippen LogP contribution in [0.2, 0.25) is 10.0 Å². The number of benzene rings is 3. The van der Waals surface area contributed by atoms with E-state index in [1.807, 2.05) is 0 Å². The summed E-state index contributed by atoms with van der Waals surface area (Å²) in [5.74, 6) is -3.32. The summed E-state index contributed by atoms with van der Waals surface area (Å²) in [5, 5.41) is 21.9. The van der Waals surface area contributed by atoms with Gasteiger partial charge in [0.25, 0.3) is 5.91 Å². The lowest BCUT2D eigenvalue weighted by Gasteiger charge is -2.27. The molecule has 1 aliphatic heterocycles. The molecule has 0 bridgehead atoms. The number of phenols is 1. The van der Waals surface area contributed by atoms with Gasteiger partial charge in [-0.05, 0) is 67.1 Å². The Labute approximate surface area is 219 Å². The van der Waals surface area contributed by atoms with Gasteiger partial charge in [0.2, 0.25) is 5.78 Å². The fourth-order valence-corrected chi connectivity index (χ4v) is 4.64. The molecule has 0 aliphatic carbocycles. The topological polar surface area (TPSA) is 100 Å². The second kappa shape index (κ2) is 9.46. The van der Waals surface area contributed by atoms with Crippen LogP contribution in [0.4, 0.5) is 10.1 Å². The number of amides is 1. The maximum absolute atomic E-state index is 13.9. The van der Waals surface area contributed by atoms with E-state index in [9.17, 15) is 24.2 Å². The molecule has 1 atom stereocenters. The van der Waals surface area contributed by atoms with E-state index < -0.39 is 29.3 Å². The van der Waals surface area contributed by atoms with Crippen LogP contribution in [0.5, 0.6) is 11.5 Å². The summed E-state index contributed by atoms with van der Waals surface area (Å²) in [6, 6.07) is 13.0. The van der Waals surface area contributed by atoms with Gasteiger partial charge >= 0.3 is 0 Å². The first-order valence-electron chi connectivity index (χ1n) is 11.1. The van der Waals surface area contributed by atoms with E-state index in [-0.39, 0.29) is 40.1 Å². The number of anilines is 1. The van der Waals surface area contributed by atoms with Crippen molar-refractivity contribution in [2.45, 2.75) is 13.0 Å². The molecule has 4 aromatic rings. The third-order valence-corrected chi connectivity index (χ3v) is 6.46. The van der Waals surface area contributed by atoms with E-state index in [0.29, 0.717) is 21.6 Å². The molecule has 1 amide bonds. The second-order valence-electron chi connectivity index (χ2n) is 8.22. The monoisotopic (exact) mass is 541 g/mol. The number of halogens is 3. The Hall–Kier alpha value is -4.01. The third kappa shape index (κ3) is 4.28. The van der Waals surface area contributed by atoms with Crippen molar-refractivity contribution in [2.24, 2.45) is 0 Å². The number of rotatable bonds is 6. The summed E-state index contributed by atoms with van der Waals surface area (Å²) in [6.07, 6.45) is 0. The molecule has 0 spiro atoms. The zero-order chi connectivity index (χ0) is 26.4. The molecule has 0 saturated heterocycles. The van der Waals surface area contributed by atoms with Crippen LogP contribution in [0, 0.1) is 5.82 Å². The van der Waals surface area contributed by atoms with Gasteiger partial charge in [-0.1, -0.05) is 29.3 Å².